The number of halogens is 3. The Hall–Kier alpha value is -2.60. The monoisotopic (exact) mass is 416 g/mol. The van der Waals surface area contributed by atoms with Gasteiger partial charge >= 0.3 is 0 Å². The summed E-state index contributed by atoms with van der Waals surface area (Å²) in [6.07, 6.45) is 0. The van der Waals surface area contributed by atoms with Crippen LogP contribution in [0.25, 0.3) is 22.4 Å². The second-order valence-electron chi connectivity index (χ2n) is 5.72. The fraction of sp³-hybridized carbons (Fsp3) is 0. The van der Waals surface area contributed by atoms with Gasteiger partial charge in [0.25, 0.3) is 5.91 Å². The quantitative estimate of drug-likeness (QED) is 0.411. The predicted molar refractivity (Wildman–Crippen MR) is 109 cm³/mol. The minimum atomic E-state index is -0.380. The molecule has 2 aromatic carbocycles. The lowest BCUT2D eigenvalue weighted by atomic mass is 10.2. The van der Waals surface area contributed by atoms with Crippen molar-refractivity contribution in [3.05, 3.63) is 75.5 Å². The number of pyridine rings is 1. The van der Waals surface area contributed by atoms with Crippen molar-refractivity contribution in [3.63, 3.8) is 0 Å². The van der Waals surface area contributed by atoms with Crippen LogP contribution in [0.3, 0.4) is 0 Å². The van der Waals surface area contributed by atoms with E-state index >= 15 is 0 Å². The predicted octanol–water partition coefficient (Wildman–Crippen LogP) is 5.84. The van der Waals surface area contributed by atoms with Crippen molar-refractivity contribution in [3.8, 4) is 11.4 Å². The molecule has 0 fully saturated rings. The number of H-pyrrole nitrogens is 1. The third-order valence-electron chi connectivity index (χ3n) is 3.93. The normalized spacial score (nSPS) is 10.9. The molecule has 0 aliphatic rings. The van der Waals surface area contributed by atoms with Crippen LogP contribution in [-0.2, 0) is 0 Å². The highest BCUT2D eigenvalue weighted by molar-refractivity contribution is 6.35. The number of hydrogen-bond acceptors (Lipinski definition) is 3. The van der Waals surface area contributed by atoms with Crippen LogP contribution in [0, 0.1) is 0 Å². The first kappa shape index (κ1) is 17.8. The molecule has 2 N–H and O–H groups in total. The number of anilines is 1. The molecule has 0 unspecified atom stereocenters. The number of amides is 1. The lowest BCUT2D eigenvalue weighted by Crippen LogP contribution is -2.12. The first-order valence-corrected chi connectivity index (χ1v) is 9.03. The summed E-state index contributed by atoms with van der Waals surface area (Å²) in [6, 6.07) is 15.8. The first-order chi connectivity index (χ1) is 13.0. The van der Waals surface area contributed by atoms with Crippen LogP contribution in [0.1, 0.15) is 10.4 Å². The minimum absolute atomic E-state index is 0.0450. The Labute approximate surface area is 169 Å². The second kappa shape index (κ2) is 7.19. The smallest absolute Gasteiger partial charge is 0.258 e. The average Bonchev–Trinajstić information content (AvgIpc) is 3.05. The largest absolute Gasteiger partial charge is 0.338 e. The molecule has 8 heteroatoms. The van der Waals surface area contributed by atoms with Crippen LogP contribution in [0.15, 0.2) is 54.6 Å². The standard InChI is InChI=1S/C19H11Cl3N4O/c20-13-4-2-1-3-11(13)18-24-14-7-5-10(9-15(14)25-18)23-19(27)12-6-8-16(21)26-17(12)22/h1-9H,(H,23,27)(H,24,25). The molecule has 27 heavy (non-hydrogen) atoms. The molecule has 1 amide bonds. The molecule has 2 heterocycles. The molecule has 5 nitrogen and oxygen atoms in total. The maximum atomic E-state index is 12.4. The Morgan fingerprint density at radius 3 is 2.56 bits per heavy atom. The molecule has 4 aromatic rings. The van der Waals surface area contributed by atoms with Gasteiger partial charge < -0.3 is 10.3 Å². The number of carbonyl (C=O) groups excluding carboxylic acids is 1. The summed E-state index contributed by atoms with van der Waals surface area (Å²) in [5.41, 5.74) is 3.16. The van der Waals surface area contributed by atoms with Crippen LogP contribution in [-0.4, -0.2) is 20.9 Å². The van der Waals surface area contributed by atoms with Gasteiger partial charge in [-0.05, 0) is 42.5 Å². The van der Waals surface area contributed by atoms with Gasteiger partial charge in [0, 0.05) is 11.3 Å². The highest BCUT2D eigenvalue weighted by Gasteiger charge is 2.14. The van der Waals surface area contributed by atoms with Crippen LogP contribution in [0.5, 0.6) is 0 Å². The zero-order valence-electron chi connectivity index (χ0n) is 13.6. The number of benzene rings is 2. The Balaban J connectivity index is 1.64. The molecule has 0 atom stereocenters. The molecule has 134 valence electrons. The zero-order chi connectivity index (χ0) is 19.0. The van der Waals surface area contributed by atoms with Crippen molar-refractivity contribution >= 4 is 57.4 Å². The minimum Gasteiger partial charge on any atom is -0.338 e. The Morgan fingerprint density at radius 1 is 0.963 bits per heavy atom. The molecule has 4 rings (SSSR count). The topological polar surface area (TPSA) is 70.7 Å². The van der Waals surface area contributed by atoms with Crippen molar-refractivity contribution in [2.45, 2.75) is 0 Å². The fourth-order valence-corrected chi connectivity index (χ4v) is 3.30. The Morgan fingerprint density at radius 2 is 1.78 bits per heavy atom. The van der Waals surface area contributed by atoms with Crippen molar-refractivity contribution < 1.29 is 4.79 Å². The van der Waals surface area contributed by atoms with Crippen molar-refractivity contribution in [1.29, 1.82) is 0 Å². The van der Waals surface area contributed by atoms with Gasteiger partial charge in [0.15, 0.2) is 0 Å². The molecule has 0 aliphatic carbocycles. The van der Waals surface area contributed by atoms with E-state index in [9.17, 15) is 4.79 Å². The molecule has 0 saturated heterocycles. The van der Waals surface area contributed by atoms with Gasteiger partial charge in [-0.3, -0.25) is 4.79 Å². The van der Waals surface area contributed by atoms with Crippen molar-refractivity contribution in [2.75, 3.05) is 5.32 Å². The van der Waals surface area contributed by atoms with Crippen molar-refractivity contribution in [1.82, 2.24) is 15.0 Å². The second-order valence-corrected chi connectivity index (χ2v) is 6.88. The first-order valence-electron chi connectivity index (χ1n) is 7.89. The lowest BCUT2D eigenvalue weighted by molar-refractivity contribution is 0.102. The maximum Gasteiger partial charge on any atom is 0.258 e. The summed E-state index contributed by atoms with van der Waals surface area (Å²) >= 11 is 18.0. The van der Waals surface area contributed by atoms with E-state index in [1.54, 1.807) is 18.2 Å². The van der Waals surface area contributed by atoms with E-state index in [2.05, 4.69) is 20.3 Å². The number of imidazole rings is 1. The molecular formula is C19H11Cl3N4O. The average molecular weight is 418 g/mol. The van der Waals surface area contributed by atoms with Crippen LogP contribution >= 0.6 is 34.8 Å². The number of aromatic nitrogens is 3. The number of carbonyl (C=O) groups is 1. The van der Waals surface area contributed by atoms with Gasteiger partial charge in [-0.15, -0.1) is 0 Å². The van der Waals surface area contributed by atoms with Crippen LogP contribution in [0.4, 0.5) is 5.69 Å². The Bertz CT molecular complexity index is 1170. The van der Waals surface area contributed by atoms with E-state index in [0.29, 0.717) is 16.5 Å². The SMILES string of the molecule is O=C(Nc1ccc2nc(-c3ccccc3Cl)[nH]c2c1)c1ccc(Cl)nc1Cl. The number of nitrogens with zero attached hydrogens (tertiary/aromatic N) is 2. The van der Waals surface area contributed by atoms with E-state index in [1.165, 1.54) is 12.1 Å². The number of aromatic amines is 1. The van der Waals surface area contributed by atoms with Gasteiger partial charge in [-0.2, -0.15) is 0 Å². The Kier molecular flexibility index (Phi) is 4.74. The van der Waals surface area contributed by atoms with Gasteiger partial charge in [-0.25, -0.2) is 9.97 Å². The van der Waals surface area contributed by atoms with Gasteiger partial charge in [0.2, 0.25) is 0 Å². The summed E-state index contributed by atoms with van der Waals surface area (Å²) in [6.45, 7) is 0. The van der Waals surface area contributed by atoms with Crippen molar-refractivity contribution in [2.24, 2.45) is 0 Å². The van der Waals surface area contributed by atoms with Gasteiger partial charge in [0.1, 0.15) is 16.1 Å². The molecule has 0 aliphatic heterocycles. The number of nitrogens with one attached hydrogen (secondary N) is 2. The summed E-state index contributed by atoms with van der Waals surface area (Å²) in [5.74, 6) is 0.276. The lowest BCUT2D eigenvalue weighted by Gasteiger charge is -2.06. The van der Waals surface area contributed by atoms with Crippen LogP contribution in [0.2, 0.25) is 15.3 Å². The fourth-order valence-electron chi connectivity index (χ4n) is 2.65. The molecule has 0 spiro atoms. The van der Waals surface area contributed by atoms with E-state index in [-0.39, 0.29) is 21.8 Å². The molecule has 2 aromatic heterocycles. The maximum absolute atomic E-state index is 12.4. The molecule has 0 bridgehead atoms. The highest BCUT2D eigenvalue weighted by Crippen LogP contribution is 2.28. The number of rotatable bonds is 3. The van der Waals surface area contributed by atoms with E-state index in [0.717, 1.165) is 16.6 Å². The summed E-state index contributed by atoms with van der Waals surface area (Å²) in [5, 5.41) is 3.67. The van der Waals surface area contributed by atoms with Gasteiger partial charge in [0.05, 0.1) is 21.6 Å². The summed E-state index contributed by atoms with van der Waals surface area (Å²) < 4.78 is 0. The third-order valence-corrected chi connectivity index (χ3v) is 4.76. The molecular weight excluding hydrogens is 407 g/mol. The van der Waals surface area contributed by atoms with E-state index in [4.69, 9.17) is 34.8 Å². The van der Waals surface area contributed by atoms with E-state index in [1.807, 2.05) is 24.3 Å². The zero-order valence-corrected chi connectivity index (χ0v) is 15.9. The number of fused-ring (bicyclic) bond motifs is 1. The highest BCUT2D eigenvalue weighted by atomic mass is 35.5. The molecule has 0 radical (unpaired) electrons. The molecule has 0 saturated carbocycles. The third kappa shape index (κ3) is 3.62. The van der Waals surface area contributed by atoms with Gasteiger partial charge in [-0.1, -0.05) is 46.9 Å². The summed E-state index contributed by atoms with van der Waals surface area (Å²) in [7, 11) is 0. The summed E-state index contributed by atoms with van der Waals surface area (Å²) in [4.78, 5) is 24.1. The van der Waals surface area contributed by atoms with Crippen LogP contribution < -0.4 is 5.32 Å². The van der Waals surface area contributed by atoms with E-state index < -0.39 is 0 Å². The number of hydrogen-bond donors (Lipinski definition) is 2.